The van der Waals surface area contributed by atoms with Crippen LogP contribution in [0.5, 0.6) is 5.75 Å². The van der Waals surface area contributed by atoms with Gasteiger partial charge in [0.25, 0.3) is 5.91 Å². The molecule has 28 heavy (non-hydrogen) atoms. The van der Waals surface area contributed by atoms with E-state index in [9.17, 15) is 13.2 Å². The van der Waals surface area contributed by atoms with Gasteiger partial charge >= 0.3 is 0 Å². The summed E-state index contributed by atoms with van der Waals surface area (Å²) in [5.41, 5.74) is 0.823. The average Bonchev–Trinajstić information content (AvgIpc) is 3.36. The molecule has 1 unspecified atom stereocenters. The van der Waals surface area contributed by atoms with E-state index >= 15 is 0 Å². The van der Waals surface area contributed by atoms with Crippen molar-refractivity contribution in [3.8, 4) is 17.1 Å². The van der Waals surface area contributed by atoms with Gasteiger partial charge < -0.3 is 14.5 Å². The van der Waals surface area contributed by atoms with E-state index in [4.69, 9.17) is 9.15 Å². The van der Waals surface area contributed by atoms with E-state index < -0.39 is 22.0 Å². The molecule has 1 aliphatic rings. The zero-order chi connectivity index (χ0) is 19.9. The molecule has 9 heteroatoms. The van der Waals surface area contributed by atoms with Crippen molar-refractivity contribution in [3.63, 3.8) is 0 Å². The number of fused-ring (bicyclic) bond motifs is 1. The normalized spacial score (nSPS) is 18.4. The van der Waals surface area contributed by atoms with E-state index in [1.807, 2.05) is 24.3 Å². The van der Waals surface area contributed by atoms with Gasteiger partial charge in [0.05, 0.1) is 18.0 Å². The van der Waals surface area contributed by atoms with Gasteiger partial charge in [-0.15, -0.1) is 11.3 Å². The quantitative estimate of drug-likeness (QED) is 0.703. The van der Waals surface area contributed by atoms with Crippen molar-refractivity contribution in [2.45, 2.75) is 10.9 Å². The smallest absolute Gasteiger partial charge is 0.287 e. The van der Waals surface area contributed by atoms with Crippen LogP contribution in [0.2, 0.25) is 0 Å². The molecule has 1 aromatic carbocycles. The SMILES string of the molecule is COc1ccc(-c2ccc(C(=O)NC3CN(C)S(=O)(=O)c4ccsc43)o2)cc1. The molecule has 3 heterocycles. The van der Waals surface area contributed by atoms with Crippen LogP contribution in [-0.4, -0.2) is 39.3 Å². The van der Waals surface area contributed by atoms with Gasteiger partial charge in [0, 0.05) is 24.0 Å². The first-order chi connectivity index (χ1) is 13.4. The van der Waals surface area contributed by atoms with Crippen LogP contribution in [0.3, 0.4) is 0 Å². The van der Waals surface area contributed by atoms with Crippen molar-refractivity contribution in [2.24, 2.45) is 0 Å². The number of hydrogen-bond acceptors (Lipinski definition) is 6. The van der Waals surface area contributed by atoms with Gasteiger partial charge in [-0.3, -0.25) is 4.79 Å². The van der Waals surface area contributed by atoms with Crippen LogP contribution in [0.4, 0.5) is 0 Å². The van der Waals surface area contributed by atoms with Gasteiger partial charge in [-0.1, -0.05) is 0 Å². The zero-order valence-corrected chi connectivity index (χ0v) is 16.8. The number of carbonyl (C=O) groups excluding carboxylic acids is 1. The molecular weight excluding hydrogens is 400 g/mol. The summed E-state index contributed by atoms with van der Waals surface area (Å²) in [7, 11) is -0.391. The van der Waals surface area contributed by atoms with Crippen LogP contribution in [0.15, 0.2) is 57.2 Å². The lowest BCUT2D eigenvalue weighted by molar-refractivity contribution is 0.0904. The number of furan rings is 1. The molecule has 3 aromatic rings. The van der Waals surface area contributed by atoms with Crippen LogP contribution in [-0.2, 0) is 10.0 Å². The first kappa shape index (κ1) is 18.7. The Morgan fingerprint density at radius 1 is 1.21 bits per heavy atom. The van der Waals surface area contributed by atoms with Crippen molar-refractivity contribution in [3.05, 3.63) is 58.5 Å². The Balaban J connectivity index is 1.54. The number of benzene rings is 1. The van der Waals surface area contributed by atoms with Crippen LogP contribution >= 0.6 is 11.3 Å². The molecule has 0 spiro atoms. The second-order valence-electron chi connectivity index (χ2n) is 6.35. The predicted octanol–water partition coefficient (Wildman–Crippen LogP) is 3.12. The van der Waals surface area contributed by atoms with Crippen LogP contribution < -0.4 is 10.1 Å². The molecule has 0 radical (unpaired) electrons. The van der Waals surface area contributed by atoms with E-state index in [2.05, 4.69) is 5.32 Å². The van der Waals surface area contributed by atoms with Gasteiger partial charge in [-0.2, -0.15) is 4.31 Å². The first-order valence-corrected chi connectivity index (χ1v) is 10.8. The fraction of sp³-hybridized carbons (Fsp3) is 0.211. The molecular formula is C19H18N2O5S2. The highest BCUT2D eigenvalue weighted by molar-refractivity contribution is 7.89. The highest BCUT2D eigenvalue weighted by Crippen LogP contribution is 2.35. The third kappa shape index (κ3) is 3.21. The van der Waals surface area contributed by atoms with Crippen LogP contribution in [0, 0.1) is 0 Å². The summed E-state index contributed by atoms with van der Waals surface area (Å²) < 4.78 is 36.8. The molecule has 7 nitrogen and oxygen atoms in total. The van der Waals surface area contributed by atoms with Gasteiger partial charge in [-0.25, -0.2) is 8.42 Å². The number of nitrogens with zero attached hydrogens (tertiary/aromatic N) is 1. The monoisotopic (exact) mass is 418 g/mol. The second-order valence-corrected chi connectivity index (χ2v) is 9.31. The first-order valence-electron chi connectivity index (χ1n) is 8.49. The maximum Gasteiger partial charge on any atom is 0.287 e. The second kappa shape index (κ2) is 7.08. The third-order valence-corrected chi connectivity index (χ3v) is 7.65. The number of methoxy groups -OCH3 is 1. The summed E-state index contributed by atoms with van der Waals surface area (Å²) in [5, 5.41) is 4.60. The number of hydrogen-bond donors (Lipinski definition) is 1. The van der Waals surface area contributed by atoms with E-state index in [-0.39, 0.29) is 17.2 Å². The Kier molecular flexibility index (Phi) is 4.74. The molecule has 0 bridgehead atoms. The Labute approximate surface area is 166 Å². The van der Waals surface area contributed by atoms with Crippen LogP contribution in [0.25, 0.3) is 11.3 Å². The molecule has 0 saturated heterocycles. The molecule has 1 atom stereocenters. The zero-order valence-electron chi connectivity index (χ0n) is 15.2. The summed E-state index contributed by atoms with van der Waals surface area (Å²) >= 11 is 1.32. The van der Waals surface area contributed by atoms with E-state index in [1.54, 1.807) is 30.7 Å². The predicted molar refractivity (Wildman–Crippen MR) is 105 cm³/mol. The summed E-state index contributed by atoms with van der Waals surface area (Å²) in [6, 6.07) is 11.8. The van der Waals surface area contributed by atoms with Crippen molar-refractivity contribution in [1.29, 1.82) is 0 Å². The number of amides is 1. The molecule has 0 fully saturated rings. The lowest BCUT2D eigenvalue weighted by atomic mass is 10.2. The van der Waals surface area contributed by atoms with Gasteiger partial charge in [0.2, 0.25) is 10.0 Å². The summed E-state index contributed by atoms with van der Waals surface area (Å²) in [6.07, 6.45) is 0. The molecule has 1 amide bonds. The minimum absolute atomic E-state index is 0.167. The van der Waals surface area contributed by atoms with Crippen molar-refractivity contribution >= 4 is 27.3 Å². The minimum Gasteiger partial charge on any atom is -0.497 e. The van der Waals surface area contributed by atoms with Gasteiger partial charge in [0.1, 0.15) is 11.5 Å². The van der Waals surface area contributed by atoms with Crippen molar-refractivity contribution in [1.82, 2.24) is 9.62 Å². The standard InChI is InChI=1S/C19H18N2O5S2/c1-21-11-14(18-17(9-10-27-18)28(21,23)24)20-19(22)16-8-7-15(26-16)12-3-5-13(25-2)6-4-12/h3-10,14H,11H2,1-2H3,(H,20,22). The summed E-state index contributed by atoms with van der Waals surface area (Å²) in [4.78, 5) is 13.5. The third-order valence-electron chi connectivity index (χ3n) is 4.61. The highest BCUT2D eigenvalue weighted by Gasteiger charge is 2.36. The summed E-state index contributed by atoms with van der Waals surface area (Å²) in [5.74, 6) is 1.07. The Hall–Kier alpha value is -2.62. The number of thiophene rings is 1. The molecule has 2 aromatic heterocycles. The Morgan fingerprint density at radius 3 is 2.68 bits per heavy atom. The Bertz CT molecular complexity index is 1120. The fourth-order valence-corrected chi connectivity index (χ4v) is 5.79. The van der Waals surface area contributed by atoms with E-state index in [0.29, 0.717) is 10.6 Å². The molecule has 1 aliphatic heterocycles. The lowest BCUT2D eigenvalue weighted by Crippen LogP contribution is -2.42. The molecule has 146 valence electrons. The maximum atomic E-state index is 12.7. The topological polar surface area (TPSA) is 88.9 Å². The van der Waals surface area contributed by atoms with Gasteiger partial charge in [-0.05, 0) is 47.8 Å². The number of carbonyl (C=O) groups is 1. The lowest BCUT2D eigenvalue weighted by Gasteiger charge is -2.29. The number of sulfonamides is 1. The number of rotatable bonds is 4. The fourth-order valence-electron chi connectivity index (χ4n) is 3.09. The minimum atomic E-state index is -3.49. The van der Waals surface area contributed by atoms with Crippen molar-refractivity contribution in [2.75, 3.05) is 20.7 Å². The average molecular weight is 418 g/mol. The number of ether oxygens (including phenoxy) is 1. The highest BCUT2D eigenvalue weighted by atomic mass is 32.2. The number of likely N-dealkylation sites (N-methyl/N-ethyl adjacent to an activating group) is 1. The molecule has 0 aliphatic carbocycles. The van der Waals surface area contributed by atoms with E-state index in [1.165, 1.54) is 22.7 Å². The molecule has 0 saturated carbocycles. The Morgan fingerprint density at radius 2 is 1.96 bits per heavy atom. The molecule has 1 N–H and O–H groups in total. The largest absolute Gasteiger partial charge is 0.497 e. The van der Waals surface area contributed by atoms with E-state index in [0.717, 1.165) is 11.3 Å². The van der Waals surface area contributed by atoms with Crippen molar-refractivity contribution < 1.29 is 22.4 Å². The number of nitrogens with one attached hydrogen (secondary N) is 1. The van der Waals surface area contributed by atoms with Crippen LogP contribution in [0.1, 0.15) is 21.5 Å². The molecule has 4 rings (SSSR count). The maximum absolute atomic E-state index is 12.7. The summed E-state index contributed by atoms with van der Waals surface area (Å²) in [6.45, 7) is 0.174. The van der Waals surface area contributed by atoms with Gasteiger partial charge in [0.15, 0.2) is 5.76 Å².